The second kappa shape index (κ2) is 3.61. The summed E-state index contributed by atoms with van der Waals surface area (Å²) in [7, 11) is 0. The van der Waals surface area contributed by atoms with E-state index < -0.39 is 0 Å². The third-order valence-electron chi connectivity index (χ3n) is 3.24. The lowest BCUT2D eigenvalue weighted by atomic mass is 10.0. The number of rotatable bonds is 1. The van der Waals surface area contributed by atoms with Gasteiger partial charge in [0.1, 0.15) is 0 Å². The van der Waals surface area contributed by atoms with E-state index in [-0.39, 0.29) is 11.9 Å². The molecule has 0 radical (unpaired) electrons. The molecule has 0 unspecified atom stereocenters. The SMILES string of the molecule is O=C([C@H]1CCN1)N1CCc2sccc2C1. The van der Waals surface area contributed by atoms with Crippen LogP contribution in [0.5, 0.6) is 0 Å². The monoisotopic (exact) mass is 222 g/mol. The van der Waals surface area contributed by atoms with Crippen molar-refractivity contribution in [3.63, 3.8) is 0 Å². The summed E-state index contributed by atoms with van der Waals surface area (Å²) in [4.78, 5) is 15.4. The van der Waals surface area contributed by atoms with E-state index in [1.807, 2.05) is 16.2 Å². The molecule has 15 heavy (non-hydrogen) atoms. The predicted molar refractivity (Wildman–Crippen MR) is 59.8 cm³/mol. The fourth-order valence-electron chi connectivity index (χ4n) is 2.16. The van der Waals surface area contributed by atoms with Crippen molar-refractivity contribution in [3.05, 3.63) is 21.9 Å². The molecule has 1 aromatic rings. The van der Waals surface area contributed by atoms with Crippen molar-refractivity contribution in [3.8, 4) is 0 Å². The molecule has 0 saturated carbocycles. The van der Waals surface area contributed by atoms with Gasteiger partial charge in [0.2, 0.25) is 5.91 Å². The van der Waals surface area contributed by atoms with Crippen molar-refractivity contribution in [1.82, 2.24) is 10.2 Å². The molecule has 1 N–H and O–H groups in total. The van der Waals surface area contributed by atoms with Gasteiger partial charge in [0.15, 0.2) is 0 Å². The maximum Gasteiger partial charge on any atom is 0.240 e. The summed E-state index contributed by atoms with van der Waals surface area (Å²) in [6.45, 7) is 2.70. The van der Waals surface area contributed by atoms with Gasteiger partial charge in [-0.15, -0.1) is 11.3 Å². The summed E-state index contributed by atoms with van der Waals surface area (Å²) in [5, 5.41) is 5.30. The number of hydrogen-bond donors (Lipinski definition) is 1. The Morgan fingerprint density at radius 3 is 3.20 bits per heavy atom. The van der Waals surface area contributed by atoms with Crippen LogP contribution in [-0.2, 0) is 17.8 Å². The average Bonchev–Trinajstić information content (AvgIpc) is 2.61. The summed E-state index contributed by atoms with van der Waals surface area (Å²) in [6.07, 6.45) is 2.04. The quantitative estimate of drug-likeness (QED) is 0.768. The number of carbonyl (C=O) groups is 1. The minimum atomic E-state index is 0.102. The molecule has 3 nitrogen and oxygen atoms in total. The van der Waals surface area contributed by atoms with Crippen LogP contribution >= 0.6 is 11.3 Å². The molecular weight excluding hydrogens is 208 g/mol. The first-order valence-electron chi connectivity index (χ1n) is 5.42. The molecule has 1 aromatic heterocycles. The van der Waals surface area contributed by atoms with Crippen molar-refractivity contribution >= 4 is 17.2 Å². The number of amides is 1. The molecule has 80 valence electrons. The van der Waals surface area contributed by atoms with Gasteiger partial charge in [0.25, 0.3) is 0 Å². The van der Waals surface area contributed by atoms with Crippen LogP contribution in [0, 0.1) is 0 Å². The molecule has 1 fully saturated rings. The molecule has 0 aromatic carbocycles. The fourth-order valence-corrected chi connectivity index (χ4v) is 3.05. The molecule has 1 saturated heterocycles. The summed E-state index contributed by atoms with van der Waals surface area (Å²) in [6, 6.07) is 2.25. The molecule has 2 aliphatic rings. The van der Waals surface area contributed by atoms with Gasteiger partial charge in [-0.1, -0.05) is 0 Å². The number of nitrogens with zero attached hydrogens (tertiary/aromatic N) is 1. The van der Waals surface area contributed by atoms with E-state index in [2.05, 4.69) is 16.8 Å². The highest BCUT2D eigenvalue weighted by molar-refractivity contribution is 7.10. The molecule has 4 heteroatoms. The Morgan fingerprint density at radius 2 is 2.47 bits per heavy atom. The van der Waals surface area contributed by atoms with E-state index in [4.69, 9.17) is 0 Å². The van der Waals surface area contributed by atoms with Crippen molar-refractivity contribution in [1.29, 1.82) is 0 Å². The number of fused-ring (bicyclic) bond motifs is 1. The molecular formula is C11H14N2OS. The molecule has 2 aliphatic heterocycles. The van der Waals surface area contributed by atoms with Crippen molar-refractivity contribution in [2.24, 2.45) is 0 Å². The van der Waals surface area contributed by atoms with E-state index in [9.17, 15) is 4.79 Å². The largest absolute Gasteiger partial charge is 0.337 e. The lowest BCUT2D eigenvalue weighted by molar-refractivity contribution is -0.136. The zero-order chi connectivity index (χ0) is 10.3. The second-order valence-corrected chi connectivity index (χ2v) is 5.17. The van der Waals surface area contributed by atoms with Crippen molar-refractivity contribution < 1.29 is 4.79 Å². The zero-order valence-corrected chi connectivity index (χ0v) is 9.35. The average molecular weight is 222 g/mol. The Morgan fingerprint density at radius 1 is 1.60 bits per heavy atom. The Labute approximate surface area is 93.1 Å². The van der Waals surface area contributed by atoms with Gasteiger partial charge in [-0.25, -0.2) is 0 Å². The minimum Gasteiger partial charge on any atom is -0.337 e. The Bertz CT molecular complexity index is 384. The number of hydrogen-bond acceptors (Lipinski definition) is 3. The topological polar surface area (TPSA) is 32.3 Å². The zero-order valence-electron chi connectivity index (χ0n) is 8.53. The Kier molecular flexibility index (Phi) is 2.25. The van der Waals surface area contributed by atoms with E-state index in [0.717, 1.165) is 32.5 Å². The molecule has 0 aliphatic carbocycles. The van der Waals surface area contributed by atoms with Crippen molar-refractivity contribution in [2.45, 2.75) is 25.4 Å². The van der Waals surface area contributed by atoms with Gasteiger partial charge in [-0.3, -0.25) is 4.79 Å². The normalized spacial score (nSPS) is 24.5. The van der Waals surface area contributed by atoms with Crippen LogP contribution in [0.3, 0.4) is 0 Å². The first kappa shape index (κ1) is 9.36. The van der Waals surface area contributed by atoms with Crippen LogP contribution in [0.4, 0.5) is 0 Å². The molecule has 1 atom stereocenters. The summed E-state index contributed by atoms with van der Waals surface area (Å²) in [5.41, 5.74) is 1.35. The molecule has 3 rings (SSSR count). The summed E-state index contributed by atoms with van der Waals surface area (Å²) < 4.78 is 0. The predicted octanol–water partition coefficient (Wildman–Crippen LogP) is 0.995. The van der Waals surface area contributed by atoms with Crippen LogP contribution in [0.2, 0.25) is 0 Å². The van der Waals surface area contributed by atoms with Crippen LogP contribution in [-0.4, -0.2) is 29.9 Å². The van der Waals surface area contributed by atoms with E-state index in [1.54, 1.807) is 0 Å². The molecule has 0 bridgehead atoms. The van der Waals surface area contributed by atoms with Gasteiger partial charge in [0.05, 0.1) is 6.04 Å². The van der Waals surface area contributed by atoms with Crippen LogP contribution in [0.15, 0.2) is 11.4 Å². The van der Waals surface area contributed by atoms with Crippen LogP contribution < -0.4 is 5.32 Å². The molecule has 1 amide bonds. The van der Waals surface area contributed by atoms with E-state index >= 15 is 0 Å². The number of thiophene rings is 1. The van der Waals surface area contributed by atoms with Crippen LogP contribution in [0.25, 0.3) is 0 Å². The second-order valence-electron chi connectivity index (χ2n) is 4.17. The van der Waals surface area contributed by atoms with Gasteiger partial charge < -0.3 is 10.2 Å². The van der Waals surface area contributed by atoms with Gasteiger partial charge >= 0.3 is 0 Å². The highest BCUT2D eigenvalue weighted by atomic mass is 32.1. The van der Waals surface area contributed by atoms with Gasteiger partial charge in [0, 0.05) is 18.0 Å². The van der Waals surface area contributed by atoms with Crippen LogP contribution in [0.1, 0.15) is 16.9 Å². The van der Waals surface area contributed by atoms with Crippen molar-refractivity contribution in [2.75, 3.05) is 13.1 Å². The maximum absolute atomic E-state index is 12.0. The highest BCUT2D eigenvalue weighted by Gasteiger charge is 2.30. The third kappa shape index (κ3) is 1.58. The van der Waals surface area contributed by atoms with Gasteiger partial charge in [-0.05, 0) is 36.4 Å². The Hall–Kier alpha value is -0.870. The lowest BCUT2D eigenvalue weighted by Crippen LogP contribution is -2.55. The Balaban J connectivity index is 1.72. The fraction of sp³-hybridized carbons (Fsp3) is 0.545. The first-order valence-corrected chi connectivity index (χ1v) is 6.30. The number of nitrogens with one attached hydrogen (secondary N) is 1. The van der Waals surface area contributed by atoms with Gasteiger partial charge in [-0.2, -0.15) is 0 Å². The highest BCUT2D eigenvalue weighted by Crippen LogP contribution is 2.24. The number of carbonyl (C=O) groups excluding carboxylic acids is 1. The summed E-state index contributed by atoms with van der Waals surface area (Å²) in [5.74, 6) is 0.290. The summed E-state index contributed by atoms with van der Waals surface area (Å²) >= 11 is 1.81. The molecule has 0 spiro atoms. The van der Waals surface area contributed by atoms with E-state index in [0.29, 0.717) is 0 Å². The first-order chi connectivity index (χ1) is 7.34. The van der Waals surface area contributed by atoms with E-state index in [1.165, 1.54) is 10.4 Å². The molecule has 3 heterocycles. The lowest BCUT2D eigenvalue weighted by Gasteiger charge is -2.34. The third-order valence-corrected chi connectivity index (χ3v) is 4.26. The smallest absolute Gasteiger partial charge is 0.240 e. The standard InChI is InChI=1S/C11H14N2OS/c14-11(9-1-4-12-9)13-5-2-10-8(7-13)3-6-15-10/h3,6,9,12H,1-2,4-5,7H2/t9-/m1/s1. The minimum absolute atomic E-state index is 0.102. The maximum atomic E-state index is 12.0.